The first-order valence-corrected chi connectivity index (χ1v) is 7.95. The van der Waals surface area contributed by atoms with Crippen LogP contribution in [0, 0.1) is 19.3 Å². The number of carbonyl (C=O) groups is 1. The number of urea groups is 1. The molecule has 1 saturated heterocycles. The predicted molar refractivity (Wildman–Crippen MR) is 86.6 cm³/mol. The van der Waals surface area contributed by atoms with E-state index >= 15 is 0 Å². The van der Waals surface area contributed by atoms with Crippen molar-refractivity contribution in [2.24, 2.45) is 5.41 Å². The van der Waals surface area contributed by atoms with Crippen molar-refractivity contribution in [2.45, 2.75) is 53.5 Å². The number of nitrogens with one attached hydrogen (secondary N) is 1. The summed E-state index contributed by atoms with van der Waals surface area (Å²) in [5.41, 5.74) is 2.78. The van der Waals surface area contributed by atoms with E-state index in [2.05, 4.69) is 56.6 Å². The fraction of sp³-hybridized carbons (Fsp3) is 0.706. The zero-order valence-electron chi connectivity index (χ0n) is 14.1. The molecule has 2 amide bonds. The summed E-state index contributed by atoms with van der Waals surface area (Å²) in [7, 11) is 0. The summed E-state index contributed by atoms with van der Waals surface area (Å²) < 4.78 is 2.42. The first-order valence-electron chi connectivity index (χ1n) is 7.95. The lowest BCUT2D eigenvalue weighted by atomic mass is 9.97. The number of piperidine rings is 1. The molecule has 2 heterocycles. The molecule has 2 rings (SSSR count). The molecule has 1 aliphatic rings. The Bertz CT molecular complexity index is 471. The molecule has 0 unspecified atom stereocenters. The van der Waals surface area contributed by atoms with Crippen LogP contribution in [0.25, 0.3) is 0 Å². The van der Waals surface area contributed by atoms with Gasteiger partial charge in [-0.1, -0.05) is 20.8 Å². The van der Waals surface area contributed by atoms with Gasteiger partial charge in [0, 0.05) is 37.1 Å². The third kappa shape index (κ3) is 4.02. The van der Waals surface area contributed by atoms with Crippen LogP contribution in [0.5, 0.6) is 0 Å². The van der Waals surface area contributed by atoms with Crippen molar-refractivity contribution in [1.82, 2.24) is 14.8 Å². The minimum absolute atomic E-state index is 0.0873. The number of aromatic nitrogens is 1. The van der Waals surface area contributed by atoms with E-state index < -0.39 is 0 Å². The van der Waals surface area contributed by atoms with Crippen molar-refractivity contribution < 1.29 is 4.79 Å². The Kier molecular flexibility index (Phi) is 4.64. The number of nitrogens with zero attached hydrogens (tertiary/aromatic N) is 2. The van der Waals surface area contributed by atoms with Gasteiger partial charge in [0.05, 0.1) is 0 Å². The Labute approximate surface area is 128 Å². The first-order chi connectivity index (χ1) is 9.78. The van der Waals surface area contributed by atoms with Crippen LogP contribution in [0.15, 0.2) is 12.1 Å². The summed E-state index contributed by atoms with van der Waals surface area (Å²) in [6, 6.07) is 4.98. The van der Waals surface area contributed by atoms with Crippen molar-refractivity contribution in [2.75, 3.05) is 19.6 Å². The molecule has 0 aromatic carbocycles. The smallest absolute Gasteiger partial charge is 0.317 e. The fourth-order valence-electron chi connectivity index (χ4n) is 3.04. The lowest BCUT2D eigenvalue weighted by Gasteiger charge is -2.34. The standard InChI is InChI=1S/C17H29N3O/c1-13-6-7-14(2)20(13)15-8-10-19(11-9-15)16(21)18-12-17(3,4)5/h6-7,15H,8-12H2,1-5H3,(H,18,21). The van der Waals surface area contributed by atoms with Gasteiger partial charge in [-0.3, -0.25) is 0 Å². The molecule has 0 saturated carbocycles. The highest BCUT2D eigenvalue weighted by molar-refractivity contribution is 5.74. The lowest BCUT2D eigenvalue weighted by Crippen LogP contribution is -2.46. The molecule has 118 valence electrons. The number of hydrogen-bond acceptors (Lipinski definition) is 1. The molecule has 1 aliphatic heterocycles. The van der Waals surface area contributed by atoms with E-state index in [-0.39, 0.29) is 11.4 Å². The maximum atomic E-state index is 12.2. The van der Waals surface area contributed by atoms with Gasteiger partial charge in [0.25, 0.3) is 0 Å². The Balaban J connectivity index is 1.87. The van der Waals surface area contributed by atoms with Crippen LogP contribution in [-0.4, -0.2) is 35.1 Å². The quantitative estimate of drug-likeness (QED) is 0.889. The van der Waals surface area contributed by atoms with Gasteiger partial charge in [-0.2, -0.15) is 0 Å². The van der Waals surface area contributed by atoms with Crippen molar-refractivity contribution in [3.63, 3.8) is 0 Å². The second-order valence-corrected chi connectivity index (χ2v) is 7.42. The molecule has 1 fully saturated rings. The van der Waals surface area contributed by atoms with Crippen molar-refractivity contribution in [3.05, 3.63) is 23.5 Å². The van der Waals surface area contributed by atoms with E-state index in [1.165, 1.54) is 11.4 Å². The molecule has 4 heteroatoms. The highest BCUT2D eigenvalue weighted by Gasteiger charge is 2.25. The highest BCUT2D eigenvalue weighted by Crippen LogP contribution is 2.26. The van der Waals surface area contributed by atoms with Crippen molar-refractivity contribution in [1.29, 1.82) is 0 Å². The van der Waals surface area contributed by atoms with Gasteiger partial charge in [-0.05, 0) is 44.2 Å². The number of carbonyl (C=O) groups excluding carboxylic acids is 1. The lowest BCUT2D eigenvalue weighted by molar-refractivity contribution is 0.167. The van der Waals surface area contributed by atoms with Crippen molar-refractivity contribution in [3.8, 4) is 0 Å². The molecule has 4 nitrogen and oxygen atoms in total. The van der Waals surface area contributed by atoms with Crippen LogP contribution in [0.4, 0.5) is 4.79 Å². The third-order valence-electron chi connectivity index (χ3n) is 4.21. The molecule has 1 aromatic heterocycles. The molecule has 0 spiro atoms. The van der Waals surface area contributed by atoms with E-state index in [1.807, 2.05) is 4.90 Å². The summed E-state index contributed by atoms with van der Waals surface area (Å²) >= 11 is 0. The Morgan fingerprint density at radius 1 is 1.19 bits per heavy atom. The third-order valence-corrected chi connectivity index (χ3v) is 4.21. The average molecular weight is 291 g/mol. The zero-order valence-corrected chi connectivity index (χ0v) is 14.1. The summed E-state index contributed by atoms with van der Waals surface area (Å²) in [5, 5.41) is 3.04. The van der Waals surface area contributed by atoms with Gasteiger partial charge in [0.1, 0.15) is 0 Å². The van der Waals surface area contributed by atoms with E-state index in [9.17, 15) is 4.79 Å². The largest absolute Gasteiger partial charge is 0.346 e. The Morgan fingerprint density at radius 2 is 1.71 bits per heavy atom. The SMILES string of the molecule is Cc1ccc(C)n1C1CCN(C(=O)NCC(C)(C)C)CC1. The number of hydrogen-bond donors (Lipinski definition) is 1. The minimum Gasteiger partial charge on any atom is -0.346 e. The molecule has 0 bridgehead atoms. The minimum atomic E-state index is 0.0873. The van der Waals surface area contributed by atoms with Crippen LogP contribution in [0.2, 0.25) is 0 Å². The second-order valence-electron chi connectivity index (χ2n) is 7.42. The van der Waals surface area contributed by atoms with E-state index in [4.69, 9.17) is 0 Å². The summed E-state index contributed by atoms with van der Waals surface area (Å²) in [4.78, 5) is 14.1. The zero-order chi connectivity index (χ0) is 15.6. The predicted octanol–water partition coefficient (Wildman–Crippen LogP) is 3.50. The number of likely N-dealkylation sites (tertiary alicyclic amines) is 1. The molecular weight excluding hydrogens is 262 g/mol. The van der Waals surface area contributed by atoms with Crippen LogP contribution < -0.4 is 5.32 Å². The topological polar surface area (TPSA) is 37.3 Å². The number of rotatable bonds is 2. The first kappa shape index (κ1) is 15.9. The summed E-state index contributed by atoms with van der Waals surface area (Å²) in [5.74, 6) is 0. The van der Waals surface area contributed by atoms with Gasteiger partial charge in [0.2, 0.25) is 0 Å². The van der Waals surface area contributed by atoms with E-state index in [0.717, 1.165) is 32.5 Å². The monoisotopic (exact) mass is 291 g/mol. The average Bonchev–Trinajstić information content (AvgIpc) is 2.75. The molecule has 1 aromatic rings. The number of amides is 2. The van der Waals surface area contributed by atoms with Gasteiger partial charge < -0.3 is 14.8 Å². The normalized spacial score (nSPS) is 17.1. The van der Waals surface area contributed by atoms with Gasteiger partial charge >= 0.3 is 6.03 Å². The fourth-order valence-corrected chi connectivity index (χ4v) is 3.04. The second kappa shape index (κ2) is 6.12. The van der Waals surface area contributed by atoms with Crippen molar-refractivity contribution >= 4 is 6.03 Å². The molecule has 1 N–H and O–H groups in total. The molecule has 0 aliphatic carbocycles. The van der Waals surface area contributed by atoms with Gasteiger partial charge in [-0.25, -0.2) is 4.79 Å². The van der Waals surface area contributed by atoms with Crippen LogP contribution in [0.1, 0.15) is 51.0 Å². The van der Waals surface area contributed by atoms with E-state index in [0.29, 0.717) is 6.04 Å². The molecule has 21 heavy (non-hydrogen) atoms. The maximum absolute atomic E-state index is 12.2. The van der Waals surface area contributed by atoms with Gasteiger partial charge in [0.15, 0.2) is 0 Å². The van der Waals surface area contributed by atoms with Gasteiger partial charge in [-0.15, -0.1) is 0 Å². The maximum Gasteiger partial charge on any atom is 0.317 e. The number of aryl methyl sites for hydroxylation is 2. The summed E-state index contributed by atoms with van der Waals surface area (Å²) in [6.07, 6.45) is 2.08. The van der Waals surface area contributed by atoms with Crippen LogP contribution in [0.3, 0.4) is 0 Å². The Morgan fingerprint density at radius 3 is 2.19 bits per heavy atom. The molecule has 0 atom stereocenters. The Hall–Kier alpha value is -1.45. The highest BCUT2D eigenvalue weighted by atomic mass is 16.2. The van der Waals surface area contributed by atoms with Crippen LogP contribution >= 0.6 is 0 Å². The molecule has 0 radical (unpaired) electrons. The molecular formula is C17H29N3O. The van der Waals surface area contributed by atoms with E-state index in [1.54, 1.807) is 0 Å². The van der Waals surface area contributed by atoms with Crippen LogP contribution in [-0.2, 0) is 0 Å². The summed E-state index contributed by atoms with van der Waals surface area (Å²) in [6.45, 7) is 13.1.